The van der Waals surface area contributed by atoms with Gasteiger partial charge >= 0.3 is 0 Å². The zero-order valence-corrected chi connectivity index (χ0v) is 18.7. The van der Waals surface area contributed by atoms with Gasteiger partial charge in [0.2, 0.25) is 0 Å². The van der Waals surface area contributed by atoms with Crippen LogP contribution in [0.2, 0.25) is 0 Å². The molecule has 1 unspecified atom stereocenters. The second-order valence-corrected chi connectivity index (χ2v) is 8.60. The minimum absolute atomic E-state index is 0.247. The molecule has 164 valence electrons. The molecule has 0 aliphatic carbocycles. The molecule has 1 aliphatic heterocycles. The summed E-state index contributed by atoms with van der Waals surface area (Å²) in [7, 11) is 3.32. The van der Waals surface area contributed by atoms with Gasteiger partial charge in [-0.15, -0.1) is 11.3 Å². The molecule has 1 saturated heterocycles. The number of nitrogens with one attached hydrogen (secondary N) is 2. The molecule has 1 fully saturated rings. The lowest BCUT2D eigenvalue weighted by atomic mass is 10.1. The summed E-state index contributed by atoms with van der Waals surface area (Å²) >= 11 is 1.84. The van der Waals surface area contributed by atoms with E-state index in [0.717, 1.165) is 44.4 Å². The molecule has 8 heteroatoms. The van der Waals surface area contributed by atoms with Crippen molar-refractivity contribution in [3.63, 3.8) is 0 Å². The van der Waals surface area contributed by atoms with Crippen molar-refractivity contribution in [3.8, 4) is 0 Å². The van der Waals surface area contributed by atoms with Crippen molar-refractivity contribution in [1.82, 2.24) is 15.5 Å². The van der Waals surface area contributed by atoms with E-state index in [0.29, 0.717) is 12.1 Å². The monoisotopic (exact) mass is 434 g/mol. The Morgan fingerprint density at radius 1 is 1.27 bits per heavy atom. The topological polar surface area (TPSA) is 58.1 Å². The summed E-state index contributed by atoms with van der Waals surface area (Å²) in [6.45, 7) is 7.08. The lowest BCUT2D eigenvalue weighted by molar-refractivity contribution is 0.0177. The molecule has 1 aromatic carbocycles. The third kappa shape index (κ3) is 6.25. The first kappa shape index (κ1) is 22.7. The number of methoxy groups -OCH3 is 1. The predicted octanol–water partition coefficient (Wildman–Crippen LogP) is 3.08. The van der Waals surface area contributed by atoms with Gasteiger partial charge in [-0.1, -0.05) is 6.07 Å². The third-order valence-electron chi connectivity index (χ3n) is 5.13. The summed E-state index contributed by atoms with van der Waals surface area (Å²) in [5.41, 5.74) is 1.53. The van der Waals surface area contributed by atoms with E-state index in [4.69, 9.17) is 9.47 Å². The number of aryl methyl sites for hydroxylation is 1. The Hall–Kier alpha value is -2.00. The van der Waals surface area contributed by atoms with E-state index in [1.54, 1.807) is 20.2 Å². The van der Waals surface area contributed by atoms with Crippen LogP contribution in [0.15, 0.2) is 35.3 Å². The third-order valence-corrected chi connectivity index (χ3v) is 6.23. The van der Waals surface area contributed by atoms with Crippen LogP contribution in [0.5, 0.6) is 0 Å². The average molecular weight is 435 g/mol. The summed E-state index contributed by atoms with van der Waals surface area (Å²) in [5.74, 6) is 0.474. The first-order chi connectivity index (χ1) is 14.6. The van der Waals surface area contributed by atoms with E-state index in [9.17, 15) is 4.39 Å². The molecule has 0 amide bonds. The second-order valence-electron chi connectivity index (χ2n) is 7.28. The first-order valence-electron chi connectivity index (χ1n) is 10.2. The number of halogens is 1. The number of thiophene rings is 1. The number of rotatable bonds is 8. The zero-order valence-electron chi connectivity index (χ0n) is 17.9. The van der Waals surface area contributed by atoms with E-state index in [-0.39, 0.29) is 18.5 Å². The van der Waals surface area contributed by atoms with Gasteiger partial charge in [0.1, 0.15) is 5.82 Å². The quantitative estimate of drug-likeness (QED) is 0.494. The van der Waals surface area contributed by atoms with E-state index in [2.05, 4.69) is 39.6 Å². The van der Waals surface area contributed by atoms with Gasteiger partial charge < -0.3 is 20.1 Å². The van der Waals surface area contributed by atoms with Crippen molar-refractivity contribution in [1.29, 1.82) is 0 Å². The van der Waals surface area contributed by atoms with Gasteiger partial charge in [-0.2, -0.15) is 0 Å². The number of hydrogen-bond donors (Lipinski definition) is 2. The van der Waals surface area contributed by atoms with Crippen LogP contribution < -0.4 is 10.6 Å². The van der Waals surface area contributed by atoms with Crippen LogP contribution in [0, 0.1) is 12.7 Å². The molecular formula is C22H31FN4O2S. The molecule has 2 N–H and O–H groups in total. The Bertz CT molecular complexity index is 836. The molecule has 0 bridgehead atoms. The van der Waals surface area contributed by atoms with Crippen LogP contribution in [0.25, 0.3) is 0 Å². The van der Waals surface area contributed by atoms with Crippen LogP contribution >= 0.6 is 11.3 Å². The predicted molar refractivity (Wildman–Crippen MR) is 120 cm³/mol. The average Bonchev–Trinajstić information content (AvgIpc) is 3.19. The van der Waals surface area contributed by atoms with Crippen molar-refractivity contribution in [3.05, 3.63) is 57.0 Å². The number of hydrogen-bond acceptors (Lipinski definition) is 5. The van der Waals surface area contributed by atoms with Gasteiger partial charge in [0.15, 0.2) is 5.96 Å². The summed E-state index contributed by atoms with van der Waals surface area (Å²) in [6.07, 6.45) is 0. The molecule has 0 radical (unpaired) electrons. The molecular weight excluding hydrogens is 403 g/mol. The summed E-state index contributed by atoms with van der Waals surface area (Å²) in [4.78, 5) is 9.48. The van der Waals surface area contributed by atoms with Gasteiger partial charge in [-0.3, -0.25) is 9.89 Å². The van der Waals surface area contributed by atoms with Gasteiger partial charge in [-0.05, 0) is 36.8 Å². The Morgan fingerprint density at radius 3 is 2.73 bits per heavy atom. The van der Waals surface area contributed by atoms with Gasteiger partial charge in [-0.25, -0.2) is 4.39 Å². The number of ether oxygens (including phenoxy) is 2. The van der Waals surface area contributed by atoms with E-state index < -0.39 is 0 Å². The molecule has 1 atom stereocenters. The highest BCUT2D eigenvalue weighted by Gasteiger charge is 2.24. The van der Waals surface area contributed by atoms with Gasteiger partial charge in [0, 0.05) is 55.7 Å². The van der Waals surface area contributed by atoms with E-state index in [1.165, 1.54) is 15.8 Å². The maximum atomic E-state index is 13.8. The van der Waals surface area contributed by atoms with Crippen molar-refractivity contribution in [2.45, 2.75) is 26.1 Å². The standard InChI is InChI=1S/C22H31FN4O2S/c1-16-4-7-21(30-16)20(27-8-10-29-11-9-27)14-26-22(24-2)25-13-17-5-6-19(23)18(12-17)15-28-3/h4-7,12,20H,8-11,13-15H2,1-3H3,(H2,24,25,26). The normalized spacial score (nSPS) is 16.5. The maximum Gasteiger partial charge on any atom is 0.191 e. The number of benzene rings is 1. The van der Waals surface area contributed by atoms with Crippen molar-refractivity contribution >= 4 is 17.3 Å². The molecule has 2 heterocycles. The minimum Gasteiger partial charge on any atom is -0.380 e. The molecule has 30 heavy (non-hydrogen) atoms. The Balaban J connectivity index is 1.60. The fourth-order valence-electron chi connectivity index (χ4n) is 3.54. The van der Waals surface area contributed by atoms with Crippen molar-refractivity contribution in [2.24, 2.45) is 4.99 Å². The lowest BCUT2D eigenvalue weighted by Gasteiger charge is -2.34. The number of nitrogens with zero attached hydrogens (tertiary/aromatic N) is 2. The van der Waals surface area contributed by atoms with Crippen LogP contribution in [0.1, 0.15) is 26.9 Å². The fourth-order valence-corrected chi connectivity index (χ4v) is 4.55. The Morgan fingerprint density at radius 2 is 2.07 bits per heavy atom. The molecule has 0 spiro atoms. The van der Waals surface area contributed by atoms with Crippen molar-refractivity contribution in [2.75, 3.05) is 47.0 Å². The zero-order chi connectivity index (χ0) is 21.3. The fraction of sp³-hybridized carbons (Fsp3) is 0.500. The molecule has 1 aromatic heterocycles. The van der Waals surface area contributed by atoms with E-state index in [1.807, 2.05) is 17.4 Å². The summed E-state index contributed by atoms with van der Waals surface area (Å²) < 4.78 is 24.4. The molecule has 3 rings (SSSR count). The largest absolute Gasteiger partial charge is 0.380 e. The summed E-state index contributed by atoms with van der Waals surface area (Å²) in [6, 6.07) is 9.74. The highest BCUT2D eigenvalue weighted by atomic mass is 32.1. The summed E-state index contributed by atoms with van der Waals surface area (Å²) in [5, 5.41) is 6.79. The van der Waals surface area contributed by atoms with E-state index >= 15 is 0 Å². The maximum absolute atomic E-state index is 13.8. The van der Waals surface area contributed by atoms with Gasteiger partial charge in [0.25, 0.3) is 0 Å². The molecule has 1 aliphatic rings. The highest BCUT2D eigenvalue weighted by Crippen LogP contribution is 2.27. The Kier molecular flexibility index (Phi) is 8.62. The molecule has 2 aromatic rings. The number of morpholine rings is 1. The van der Waals surface area contributed by atoms with Crippen molar-refractivity contribution < 1.29 is 13.9 Å². The highest BCUT2D eigenvalue weighted by molar-refractivity contribution is 7.12. The lowest BCUT2D eigenvalue weighted by Crippen LogP contribution is -2.46. The van der Waals surface area contributed by atoms with Crippen LogP contribution in [-0.2, 0) is 22.6 Å². The molecule has 0 saturated carbocycles. The second kappa shape index (κ2) is 11.4. The smallest absolute Gasteiger partial charge is 0.191 e. The van der Waals surface area contributed by atoms with Crippen LogP contribution in [0.3, 0.4) is 0 Å². The Labute approximate surface area is 182 Å². The number of guanidine groups is 1. The minimum atomic E-state index is -0.247. The SMILES string of the molecule is CN=C(NCc1ccc(F)c(COC)c1)NCC(c1ccc(C)s1)N1CCOCC1. The van der Waals surface area contributed by atoms with Gasteiger partial charge in [0.05, 0.1) is 25.9 Å². The number of aliphatic imine (C=N–C) groups is 1. The molecule has 6 nitrogen and oxygen atoms in total. The van der Waals surface area contributed by atoms with Crippen LogP contribution in [-0.4, -0.2) is 57.9 Å². The first-order valence-corrected chi connectivity index (χ1v) is 11.0. The van der Waals surface area contributed by atoms with Crippen LogP contribution in [0.4, 0.5) is 4.39 Å².